The first kappa shape index (κ1) is 9.86. The predicted molar refractivity (Wildman–Crippen MR) is 47.1 cm³/mol. The van der Waals surface area contributed by atoms with Crippen molar-refractivity contribution in [2.45, 2.75) is 13.5 Å². The van der Waals surface area contributed by atoms with Crippen molar-refractivity contribution in [2.24, 2.45) is 0 Å². The summed E-state index contributed by atoms with van der Waals surface area (Å²) < 4.78 is 17.6. The molecule has 0 aliphatic heterocycles. The zero-order chi connectivity index (χ0) is 9.84. The Balaban J connectivity index is 3.10. The van der Waals surface area contributed by atoms with Crippen LogP contribution in [0.15, 0.2) is 18.2 Å². The molecule has 0 heterocycles. The van der Waals surface area contributed by atoms with Crippen LogP contribution in [0.2, 0.25) is 0 Å². The number of methoxy groups -OCH3 is 1. The Labute approximate surface area is 76.3 Å². The molecule has 13 heavy (non-hydrogen) atoms. The summed E-state index contributed by atoms with van der Waals surface area (Å²) in [4.78, 5) is 11.1. The van der Waals surface area contributed by atoms with Crippen LogP contribution < -0.4 is 0 Å². The molecule has 0 spiro atoms. The van der Waals surface area contributed by atoms with Gasteiger partial charge in [0.25, 0.3) is 0 Å². The van der Waals surface area contributed by atoms with Crippen molar-refractivity contribution in [2.75, 3.05) is 7.11 Å². The van der Waals surface area contributed by atoms with Gasteiger partial charge in [0.2, 0.25) is 0 Å². The van der Waals surface area contributed by atoms with Crippen LogP contribution in [0, 0.1) is 5.82 Å². The summed E-state index contributed by atoms with van der Waals surface area (Å²) in [5, 5.41) is 0. The van der Waals surface area contributed by atoms with Crippen molar-refractivity contribution in [3.8, 4) is 0 Å². The number of Topliss-reactive ketones (excluding diaryl/α,β-unsaturated/α-hetero) is 1. The molecule has 0 fully saturated rings. The normalized spacial score (nSPS) is 10.1. The van der Waals surface area contributed by atoms with E-state index in [1.165, 1.54) is 26.2 Å². The minimum absolute atomic E-state index is 0.147. The van der Waals surface area contributed by atoms with Crippen LogP contribution in [-0.2, 0) is 11.3 Å². The van der Waals surface area contributed by atoms with Crippen LogP contribution in [0.5, 0.6) is 0 Å². The number of benzene rings is 1. The van der Waals surface area contributed by atoms with Crippen LogP contribution in [0.1, 0.15) is 22.8 Å². The predicted octanol–water partition coefficient (Wildman–Crippen LogP) is 2.17. The van der Waals surface area contributed by atoms with Gasteiger partial charge in [-0.1, -0.05) is 6.07 Å². The van der Waals surface area contributed by atoms with Crippen molar-refractivity contribution in [3.63, 3.8) is 0 Å². The number of rotatable bonds is 3. The molecule has 0 amide bonds. The average Bonchev–Trinajstić information content (AvgIpc) is 2.08. The summed E-state index contributed by atoms with van der Waals surface area (Å²) in [7, 11) is 1.53. The molecule has 0 bridgehead atoms. The zero-order valence-electron chi connectivity index (χ0n) is 7.63. The fraction of sp³-hybridized carbons (Fsp3) is 0.300. The summed E-state index contributed by atoms with van der Waals surface area (Å²) in [5.74, 6) is -0.545. The summed E-state index contributed by atoms with van der Waals surface area (Å²) in [6, 6.07) is 4.12. The van der Waals surface area contributed by atoms with E-state index < -0.39 is 5.82 Å². The molecular weight excluding hydrogens is 171 g/mol. The molecule has 0 radical (unpaired) electrons. The first-order valence-electron chi connectivity index (χ1n) is 3.93. The van der Waals surface area contributed by atoms with Crippen LogP contribution in [0.25, 0.3) is 0 Å². The SMILES string of the molecule is COCc1ccc(F)cc1C(C)=O. The molecule has 70 valence electrons. The highest BCUT2D eigenvalue weighted by Gasteiger charge is 2.07. The lowest BCUT2D eigenvalue weighted by molar-refractivity contribution is 0.101. The van der Waals surface area contributed by atoms with Gasteiger partial charge in [0.05, 0.1) is 6.61 Å². The molecule has 2 nitrogen and oxygen atoms in total. The third-order valence-corrected chi connectivity index (χ3v) is 1.75. The third-order valence-electron chi connectivity index (χ3n) is 1.75. The summed E-state index contributed by atoms with van der Waals surface area (Å²) in [5.41, 5.74) is 1.11. The van der Waals surface area contributed by atoms with E-state index in [0.717, 1.165) is 5.56 Å². The van der Waals surface area contributed by atoms with Gasteiger partial charge in [0, 0.05) is 12.7 Å². The number of carbonyl (C=O) groups is 1. The van der Waals surface area contributed by atoms with Gasteiger partial charge in [-0.2, -0.15) is 0 Å². The second-order valence-corrected chi connectivity index (χ2v) is 2.79. The Morgan fingerprint density at radius 1 is 1.54 bits per heavy atom. The van der Waals surface area contributed by atoms with E-state index in [2.05, 4.69) is 0 Å². The standard InChI is InChI=1S/C10H11FO2/c1-7(12)10-5-9(11)4-3-8(10)6-13-2/h3-5H,6H2,1-2H3. The molecule has 1 aromatic rings. The summed E-state index contributed by atoms with van der Waals surface area (Å²) in [6.45, 7) is 1.74. The smallest absolute Gasteiger partial charge is 0.160 e. The van der Waals surface area contributed by atoms with Gasteiger partial charge in [-0.15, -0.1) is 0 Å². The largest absolute Gasteiger partial charge is 0.380 e. The van der Waals surface area contributed by atoms with Crippen molar-refractivity contribution in [1.29, 1.82) is 0 Å². The second kappa shape index (κ2) is 4.14. The minimum atomic E-state index is -0.398. The van der Waals surface area contributed by atoms with Gasteiger partial charge in [0.15, 0.2) is 5.78 Å². The lowest BCUT2D eigenvalue weighted by Crippen LogP contribution is -2.01. The maximum absolute atomic E-state index is 12.8. The van der Waals surface area contributed by atoms with Crippen molar-refractivity contribution in [3.05, 3.63) is 35.1 Å². The topological polar surface area (TPSA) is 26.3 Å². The zero-order valence-corrected chi connectivity index (χ0v) is 7.63. The molecule has 0 aliphatic carbocycles. The van der Waals surface area contributed by atoms with Gasteiger partial charge in [-0.3, -0.25) is 4.79 Å². The number of carbonyl (C=O) groups excluding carboxylic acids is 1. The van der Waals surface area contributed by atoms with Gasteiger partial charge in [-0.05, 0) is 24.6 Å². The number of ketones is 1. The molecule has 0 unspecified atom stereocenters. The van der Waals surface area contributed by atoms with Gasteiger partial charge < -0.3 is 4.74 Å². The molecule has 0 aliphatic rings. The number of halogens is 1. The lowest BCUT2D eigenvalue weighted by Gasteiger charge is -2.05. The highest BCUT2D eigenvalue weighted by atomic mass is 19.1. The molecule has 0 saturated heterocycles. The van der Waals surface area contributed by atoms with Crippen LogP contribution >= 0.6 is 0 Å². The highest BCUT2D eigenvalue weighted by Crippen LogP contribution is 2.12. The van der Waals surface area contributed by atoms with Crippen molar-refractivity contribution < 1.29 is 13.9 Å². The van der Waals surface area contributed by atoms with Gasteiger partial charge in [-0.25, -0.2) is 4.39 Å². The van der Waals surface area contributed by atoms with Gasteiger partial charge in [0.1, 0.15) is 5.82 Å². The van der Waals surface area contributed by atoms with E-state index >= 15 is 0 Å². The highest BCUT2D eigenvalue weighted by molar-refractivity contribution is 5.95. The monoisotopic (exact) mass is 182 g/mol. The second-order valence-electron chi connectivity index (χ2n) is 2.79. The molecule has 0 saturated carbocycles. The number of ether oxygens (including phenoxy) is 1. The Hall–Kier alpha value is -1.22. The molecular formula is C10H11FO2. The van der Waals surface area contributed by atoms with Crippen molar-refractivity contribution >= 4 is 5.78 Å². The van der Waals surface area contributed by atoms with Crippen LogP contribution in [0.4, 0.5) is 4.39 Å². The van der Waals surface area contributed by atoms with Crippen LogP contribution in [-0.4, -0.2) is 12.9 Å². The number of hydrogen-bond donors (Lipinski definition) is 0. The molecule has 1 aromatic carbocycles. The van der Waals surface area contributed by atoms with Crippen LogP contribution in [0.3, 0.4) is 0 Å². The summed E-state index contributed by atoms with van der Waals surface area (Å²) >= 11 is 0. The molecule has 0 N–H and O–H groups in total. The maximum atomic E-state index is 12.8. The van der Waals surface area contributed by atoms with E-state index in [4.69, 9.17) is 4.74 Å². The average molecular weight is 182 g/mol. The molecule has 3 heteroatoms. The van der Waals surface area contributed by atoms with E-state index in [1.54, 1.807) is 6.07 Å². The fourth-order valence-corrected chi connectivity index (χ4v) is 1.16. The Kier molecular flexibility index (Phi) is 3.14. The molecule has 1 rings (SSSR count). The first-order chi connectivity index (χ1) is 6.15. The Morgan fingerprint density at radius 3 is 2.77 bits per heavy atom. The van der Waals surface area contributed by atoms with E-state index in [1.807, 2.05) is 0 Å². The quantitative estimate of drug-likeness (QED) is 0.669. The van der Waals surface area contributed by atoms with E-state index in [0.29, 0.717) is 12.2 Å². The first-order valence-corrected chi connectivity index (χ1v) is 3.93. The maximum Gasteiger partial charge on any atom is 0.160 e. The summed E-state index contributed by atoms with van der Waals surface area (Å²) in [6.07, 6.45) is 0. The fourth-order valence-electron chi connectivity index (χ4n) is 1.16. The third kappa shape index (κ3) is 2.36. The van der Waals surface area contributed by atoms with E-state index in [-0.39, 0.29) is 5.78 Å². The van der Waals surface area contributed by atoms with E-state index in [9.17, 15) is 9.18 Å². The molecule has 0 aromatic heterocycles. The van der Waals surface area contributed by atoms with Gasteiger partial charge >= 0.3 is 0 Å². The Bertz CT molecular complexity index is 321. The minimum Gasteiger partial charge on any atom is -0.380 e. The Morgan fingerprint density at radius 2 is 2.23 bits per heavy atom. The van der Waals surface area contributed by atoms with Crippen molar-refractivity contribution in [1.82, 2.24) is 0 Å². The number of hydrogen-bond acceptors (Lipinski definition) is 2. The molecule has 0 atom stereocenters. The lowest BCUT2D eigenvalue weighted by atomic mass is 10.1.